The average molecular weight is 412 g/mol. The second kappa shape index (κ2) is 8.38. The Labute approximate surface area is 163 Å². The summed E-state index contributed by atoms with van der Waals surface area (Å²) < 4.78 is 61.3. The predicted octanol–water partition coefficient (Wildman–Crippen LogP) is 3.41. The maximum absolute atomic E-state index is 14.3. The van der Waals surface area contributed by atoms with E-state index >= 15 is 0 Å². The Morgan fingerprint density at radius 3 is 2.59 bits per heavy atom. The molecule has 6 nitrogen and oxygen atoms in total. The van der Waals surface area contributed by atoms with Gasteiger partial charge in [-0.25, -0.2) is 9.18 Å². The topological polar surface area (TPSA) is 67.9 Å². The number of halogens is 4. The zero-order chi connectivity index (χ0) is 21.0. The van der Waals surface area contributed by atoms with E-state index in [2.05, 4.69) is 0 Å². The van der Waals surface area contributed by atoms with Gasteiger partial charge in [-0.2, -0.15) is 13.2 Å². The van der Waals surface area contributed by atoms with Crippen LogP contribution < -0.4 is 15.0 Å². The first-order valence-corrected chi connectivity index (χ1v) is 8.53. The molecule has 0 spiro atoms. The molecular weight excluding hydrogens is 396 g/mol. The van der Waals surface area contributed by atoms with Gasteiger partial charge in [0.25, 0.3) is 0 Å². The first kappa shape index (κ1) is 20.4. The van der Waals surface area contributed by atoms with Gasteiger partial charge in [0.1, 0.15) is 12.7 Å². The molecule has 0 aromatic heterocycles. The van der Waals surface area contributed by atoms with Gasteiger partial charge >= 0.3 is 18.2 Å². The summed E-state index contributed by atoms with van der Waals surface area (Å²) in [6, 6.07) is 13.0. The van der Waals surface area contributed by atoms with Crippen LogP contribution in [0.25, 0.3) is 0 Å². The van der Waals surface area contributed by atoms with Crippen molar-refractivity contribution >= 4 is 17.7 Å². The fourth-order valence-corrected chi connectivity index (χ4v) is 2.66. The number of anilines is 1. The molecule has 0 saturated carbocycles. The van der Waals surface area contributed by atoms with Crippen molar-refractivity contribution in [2.45, 2.75) is 18.9 Å². The van der Waals surface area contributed by atoms with Gasteiger partial charge in [-0.05, 0) is 17.7 Å². The van der Waals surface area contributed by atoms with E-state index in [1.54, 1.807) is 5.32 Å². The molecule has 2 amide bonds. The van der Waals surface area contributed by atoms with Gasteiger partial charge in [-0.15, -0.1) is 0 Å². The molecule has 1 aliphatic rings. The maximum Gasteiger partial charge on any atom is 0.471 e. The van der Waals surface area contributed by atoms with E-state index in [0.717, 1.165) is 16.5 Å². The lowest BCUT2D eigenvalue weighted by Crippen LogP contribution is -2.41. The van der Waals surface area contributed by atoms with Crippen LogP contribution >= 0.6 is 0 Å². The molecular formula is C19H16F4N2O4. The second-order valence-corrected chi connectivity index (χ2v) is 6.21. The highest BCUT2D eigenvalue weighted by molar-refractivity contribution is 5.90. The van der Waals surface area contributed by atoms with Crippen LogP contribution in [0.5, 0.6) is 5.75 Å². The molecule has 3 rings (SSSR count). The third kappa shape index (κ3) is 5.15. The van der Waals surface area contributed by atoms with Gasteiger partial charge in [0.2, 0.25) is 0 Å². The van der Waals surface area contributed by atoms with Crippen molar-refractivity contribution in [1.82, 2.24) is 5.32 Å². The van der Waals surface area contributed by atoms with Crippen molar-refractivity contribution in [3.8, 4) is 5.75 Å². The summed E-state index contributed by atoms with van der Waals surface area (Å²) in [6.07, 6.45) is -6.87. The van der Waals surface area contributed by atoms with Gasteiger partial charge in [-0.1, -0.05) is 30.3 Å². The number of nitrogens with one attached hydrogen (secondary N) is 1. The van der Waals surface area contributed by atoms with Gasteiger partial charge in [0.05, 0.1) is 18.8 Å². The summed E-state index contributed by atoms with van der Waals surface area (Å²) >= 11 is 0. The summed E-state index contributed by atoms with van der Waals surface area (Å²) in [5, 5.41) is 1.65. The Kier molecular flexibility index (Phi) is 5.90. The van der Waals surface area contributed by atoms with Crippen LogP contribution in [0.4, 0.5) is 28.0 Å². The largest absolute Gasteiger partial charge is 0.486 e. The average Bonchev–Trinajstić information content (AvgIpc) is 3.05. The molecule has 1 aliphatic heterocycles. The van der Waals surface area contributed by atoms with Crippen molar-refractivity contribution in [2.75, 3.05) is 18.0 Å². The first-order chi connectivity index (χ1) is 13.7. The molecule has 1 N–H and O–H groups in total. The van der Waals surface area contributed by atoms with Gasteiger partial charge < -0.3 is 14.8 Å². The standard InChI is InChI=1S/C19H16F4N2O4/c20-15-8-13(6-7-16(15)28-11-12-4-2-1-3-5-12)25-10-14(29-18(25)27)9-24-17(26)19(21,22)23/h1-8,14H,9-11H2,(H,24,26). The third-order valence-corrected chi connectivity index (χ3v) is 4.09. The van der Waals surface area contributed by atoms with Crippen molar-refractivity contribution in [2.24, 2.45) is 0 Å². The molecule has 0 aliphatic carbocycles. The number of carbonyl (C=O) groups is 2. The Balaban J connectivity index is 1.59. The number of rotatable bonds is 6. The highest BCUT2D eigenvalue weighted by Crippen LogP contribution is 2.27. The van der Waals surface area contributed by atoms with E-state index < -0.39 is 36.6 Å². The van der Waals surface area contributed by atoms with E-state index in [1.165, 1.54) is 12.1 Å². The normalized spacial score (nSPS) is 16.5. The Morgan fingerprint density at radius 2 is 1.93 bits per heavy atom. The van der Waals surface area contributed by atoms with E-state index in [1.807, 2.05) is 30.3 Å². The van der Waals surface area contributed by atoms with E-state index in [-0.39, 0.29) is 24.6 Å². The number of amides is 2. The van der Waals surface area contributed by atoms with Crippen LogP contribution in [0, 0.1) is 5.82 Å². The minimum atomic E-state index is -5.03. The predicted molar refractivity (Wildman–Crippen MR) is 93.9 cm³/mol. The minimum Gasteiger partial charge on any atom is -0.486 e. The quantitative estimate of drug-likeness (QED) is 0.739. The number of hydrogen-bond donors (Lipinski definition) is 1. The fraction of sp³-hybridized carbons (Fsp3) is 0.263. The van der Waals surface area contributed by atoms with E-state index in [0.29, 0.717) is 0 Å². The Bertz CT molecular complexity index is 890. The summed E-state index contributed by atoms with van der Waals surface area (Å²) in [5.74, 6) is -2.85. The van der Waals surface area contributed by atoms with Crippen LogP contribution in [0.15, 0.2) is 48.5 Å². The molecule has 2 aromatic rings. The smallest absolute Gasteiger partial charge is 0.471 e. The van der Waals surface area contributed by atoms with Crippen molar-refractivity contribution in [3.05, 3.63) is 59.9 Å². The second-order valence-electron chi connectivity index (χ2n) is 6.21. The fourth-order valence-electron chi connectivity index (χ4n) is 2.66. The maximum atomic E-state index is 14.3. The third-order valence-electron chi connectivity index (χ3n) is 4.09. The number of nitrogens with zero attached hydrogens (tertiary/aromatic N) is 1. The van der Waals surface area contributed by atoms with Crippen LogP contribution in [0.3, 0.4) is 0 Å². The van der Waals surface area contributed by atoms with Crippen LogP contribution in [0.1, 0.15) is 5.56 Å². The zero-order valence-corrected chi connectivity index (χ0v) is 14.9. The number of ether oxygens (including phenoxy) is 2. The zero-order valence-electron chi connectivity index (χ0n) is 14.9. The minimum absolute atomic E-state index is 0.0147. The Morgan fingerprint density at radius 1 is 1.21 bits per heavy atom. The van der Waals surface area contributed by atoms with Crippen LogP contribution in [-0.2, 0) is 16.1 Å². The van der Waals surface area contributed by atoms with Crippen LogP contribution in [-0.4, -0.2) is 37.4 Å². The highest BCUT2D eigenvalue weighted by Gasteiger charge is 2.40. The van der Waals surface area contributed by atoms with Gasteiger partial charge in [-0.3, -0.25) is 9.69 Å². The number of hydrogen-bond acceptors (Lipinski definition) is 4. The Hall–Kier alpha value is -3.30. The van der Waals surface area contributed by atoms with Crippen molar-refractivity contribution < 1.29 is 36.6 Å². The summed E-state index contributed by atoms with van der Waals surface area (Å²) in [7, 11) is 0. The summed E-state index contributed by atoms with van der Waals surface area (Å²) in [4.78, 5) is 23.9. The molecule has 1 heterocycles. The molecule has 1 atom stereocenters. The highest BCUT2D eigenvalue weighted by atomic mass is 19.4. The first-order valence-electron chi connectivity index (χ1n) is 8.53. The van der Waals surface area contributed by atoms with Crippen molar-refractivity contribution in [3.63, 3.8) is 0 Å². The van der Waals surface area contributed by atoms with E-state index in [4.69, 9.17) is 9.47 Å². The SMILES string of the molecule is O=C1OC(CNC(=O)C(F)(F)F)CN1c1ccc(OCc2ccccc2)c(F)c1. The lowest BCUT2D eigenvalue weighted by atomic mass is 10.2. The monoisotopic (exact) mass is 412 g/mol. The molecule has 0 radical (unpaired) electrons. The number of alkyl halides is 3. The number of benzene rings is 2. The lowest BCUT2D eigenvalue weighted by molar-refractivity contribution is -0.173. The molecule has 2 aromatic carbocycles. The molecule has 1 unspecified atom stereocenters. The molecule has 10 heteroatoms. The summed E-state index contributed by atoms with van der Waals surface area (Å²) in [6.45, 7) is -0.494. The number of carbonyl (C=O) groups excluding carboxylic acids is 2. The van der Waals surface area contributed by atoms with Crippen molar-refractivity contribution in [1.29, 1.82) is 0 Å². The van der Waals surface area contributed by atoms with Gasteiger partial charge in [0, 0.05) is 6.07 Å². The van der Waals surface area contributed by atoms with Gasteiger partial charge in [0.15, 0.2) is 11.6 Å². The molecule has 154 valence electrons. The molecule has 1 saturated heterocycles. The number of cyclic esters (lactones) is 1. The van der Waals surface area contributed by atoms with E-state index in [9.17, 15) is 27.2 Å². The van der Waals surface area contributed by atoms with Crippen LogP contribution in [0.2, 0.25) is 0 Å². The summed E-state index contributed by atoms with van der Waals surface area (Å²) in [5.41, 5.74) is 1.01. The molecule has 0 bridgehead atoms. The molecule has 29 heavy (non-hydrogen) atoms. The molecule has 1 fully saturated rings. The lowest BCUT2D eigenvalue weighted by Gasteiger charge is -2.15.